The fourth-order valence-corrected chi connectivity index (χ4v) is 3.85. The molecule has 7 heteroatoms. The second-order valence-electron chi connectivity index (χ2n) is 7.47. The molecule has 1 aromatic heterocycles. The van der Waals surface area contributed by atoms with Gasteiger partial charge in [-0.2, -0.15) is 0 Å². The van der Waals surface area contributed by atoms with Gasteiger partial charge in [-0.05, 0) is 43.2 Å². The molecule has 4 rings (SSSR count). The molecule has 1 unspecified atom stereocenters. The maximum atomic E-state index is 12.7. The van der Waals surface area contributed by atoms with E-state index in [0.29, 0.717) is 29.8 Å². The number of amides is 3. The molecule has 0 spiro atoms. The number of unbranched alkanes of at least 4 members (excludes halogenated alkanes) is 1. The molecular formula is C22H24N4O3. The average molecular weight is 392 g/mol. The topological polar surface area (TPSA) is 82.6 Å². The van der Waals surface area contributed by atoms with Crippen molar-refractivity contribution in [2.24, 2.45) is 0 Å². The summed E-state index contributed by atoms with van der Waals surface area (Å²) < 4.78 is 0. The smallest absolute Gasteiger partial charge is 0.261 e. The molecule has 0 bridgehead atoms. The Labute approximate surface area is 169 Å². The average Bonchev–Trinajstić information content (AvgIpc) is 3.30. The molecule has 2 aliphatic rings. The van der Waals surface area contributed by atoms with Gasteiger partial charge in [0.1, 0.15) is 5.82 Å². The second kappa shape index (κ2) is 8.03. The van der Waals surface area contributed by atoms with Crippen LogP contribution in [0.2, 0.25) is 0 Å². The number of imide groups is 1. The Kier molecular flexibility index (Phi) is 5.29. The van der Waals surface area contributed by atoms with E-state index in [0.717, 1.165) is 31.6 Å². The van der Waals surface area contributed by atoms with Crippen molar-refractivity contribution < 1.29 is 14.4 Å². The molecule has 1 saturated heterocycles. The molecule has 0 aliphatic carbocycles. The van der Waals surface area contributed by atoms with Crippen LogP contribution in [0.3, 0.4) is 0 Å². The maximum absolute atomic E-state index is 12.7. The van der Waals surface area contributed by atoms with Gasteiger partial charge < -0.3 is 10.2 Å². The molecule has 2 aliphatic heterocycles. The number of pyridine rings is 1. The highest BCUT2D eigenvalue weighted by Crippen LogP contribution is 2.25. The molecule has 1 atom stereocenters. The number of rotatable bonds is 6. The first-order valence-electron chi connectivity index (χ1n) is 10.1. The Balaban J connectivity index is 1.43. The van der Waals surface area contributed by atoms with Crippen molar-refractivity contribution in [3.63, 3.8) is 0 Å². The number of hydrogen-bond donors (Lipinski definition) is 1. The third-order valence-electron chi connectivity index (χ3n) is 5.46. The number of aromatic nitrogens is 1. The Bertz CT molecular complexity index is 944. The van der Waals surface area contributed by atoms with Gasteiger partial charge >= 0.3 is 0 Å². The van der Waals surface area contributed by atoms with E-state index in [9.17, 15) is 14.4 Å². The number of carbonyl (C=O) groups is 3. The lowest BCUT2D eigenvalue weighted by molar-refractivity contribution is 0.0652. The molecule has 1 aromatic carbocycles. The highest BCUT2D eigenvalue weighted by atomic mass is 16.2. The number of fused-ring (bicyclic) bond motifs is 1. The summed E-state index contributed by atoms with van der Waals surface area (Å²) in [6, 6.07) is 10.5. The number of benzene rings is 1. The van der Waals surface area contributed by atoms with Crippen molar-refractivity contribution in [2.45, 2.75) is 32.2 Å². The van der Waals surface area contributed by atoms with Gasteiger partial charge in [0, 0.05) is 37.4 Å². The zero-order chi connectivity index (χ0) is 20.4. The van der Waals surface area contributed by atoms with Crippen LogP contribution in [0.4, 0.5) is 5.82 Å². The van der Waals surface area contributed by atoms with Crippen molar-refractivity contribution in [3.8, 4) is 0 Å². The predicted molar refractivity (Wildman–Crippen MR) is 109 cm³/mol. The fraction of sp³-hybridized carbons (Fsp3) is 0.364. The lowest BCUT2D eigenvalue weighted by Gasteiger charge is -2.17. The van der Waals surface area contributed by atoms with Gasteiger partial charge in [0.2, 0.25) is 0 Å². The normalized spacial score (nSPS) is 18.3. The fourth-order valence-electron chi connectivity index (χ4n) is 3.85. The van der Waals surface area contributed by atoms with Crippen molar-refractivity contribution in [1.29, 1.82) is 0 Å². The third-order valence-corrected chi connectivity index (χ3v) is 5.46. The summed E-state index contributed by atoms with van der Waals surface area (Å²) in [6.45, 7) is 3.94. The summed E-state index contributed by atoms with van der Waals surface area (Å²) in [7, 11) is 0. The number of nitrogens with one attached hydrogen (secondary N) is 1. The highest BCUT2D eigenvalue weighted by molar-refractivity contribution is 6.22. The highest BCUT2D eigenvalue weighted by Gasteiger charge is 2.35. The van der Waals surface area contributed by atoms with E-state index in [-0.39, 0.29) is 23.8 Å². The van der Waals surface area contributed by atoms with Crippen LogP contribution in [0.15, 0.2) is 42.6 Å². The number of anilines is 1. The Morgan fingerprint density at radius 3 is 2.76 bits per heavy atom. The third kappa shape index (κ3) is 3.72. The Morgan fingerprint density at radius 1 is 1.17 bits per heavy atom. The molecular weight excluding hydrogens is 368 g/mol. The maximum Gasteiger partial charge on any atom is 0.261 e. The van der Waals surface area contributed by atoms with Crippen LogP contribution in [-0.2, 0) is 0 Å². The van der Waals surface area contributed by atoms with Crippen molar-refractivity contribution in [1.82, 2.24) is 15.2 Å². The van der Waals surface area contributed by atoms with E-state index >= 15 is 0 Å². The van der Waals surface area contributed by atoms with E-state index < -0.39 is 0 Å². The SMILES string of the molecule is CCCCN1C(=O)c2ccc(C(=O)NC3CCN(c4ccccn4)C3)cc2C1=O. The van der Waals surface area contributed by atoms with E-state index in [1.807, 2.05) is 25.1 Å². The summed E-state index contributed by atoms with van der Waals surface area (Å²) in [5.41, 5.74) is 1.10. The lowest BCUT2D eigenvalue weighted by atomic mass is 10.0. The van der Waals surface area contributed by atoms with Crippen LogP contribution in [-0.4, -0.2) is 53.3 Å². The summed E-state index contributed by atoms with van der Waals surface area (Å²) >= 11 is 0. The Hall–Kier alpha value is -3.22. The number of carbonyl (C=O) groups excluding carboxylic acids is 3. The first kappa shape index (κ1) is 19.1. The minimum Gasteiger partial charge on any atom is -0.354 e. The molecule has 7 nitrogen and oxygen atoms in total. The van der Waals surface area contributed by atoms with E-state index in [1.165, 1.54) is 4.90 Å². The lowest BCUT2D eigenvalue weighted by Crippen LogP contribution is -2.37. The molecule has 3 heterocycles. The summed E-state index contributed by atoms with van der Waals surface area (Å²) in [4.78, 5) is 45.5. The molecule has 0 saturated carbocycles. The van der Waals surface area contributed by atoms with E-state index in [4.69, 9.17) is 0 Å². The monoisotopic (exact) mass is 392 g/mol. The summed E-state index contributed by atoms with van der Waals surface area (Å²) in [6.07, 6.45) is 4.26. The van der Waals surface area contributed by atoms with E-state index in [2.05, 4.69) is 15.2 Å². The second-order valence-corrected chi connectivity index (χ2v) is 7.47. The molecule has 3 amide bonds. The van der Waals surface area contributed by atoms with Gasteiger partial charge in [-0.1, -0.05) is 19.4 Å². The van der Waals surface area contributed by atoms with Gasteiger partial charge in [-0.25, -0.2) is 4.98 Å². The van der Waals surface area contributed by atoms with Gasteiger partial charge in [0.15, 0.2) is 0 Å². The molecule has 1 fully saturated rings. The minimum atomic E-state index is -0.310. The van der Waals surface area contributed by atoms with Crippen LogP contribution in [0.1, 0.15) is 57.3 Å². The summed E-state index contributed by atoms with van der Waals surface area (Å²) in [5.74, 6) is 0.0912. The molecule has 1 N–H and O–H groups in total. The van der Waals surface area contributed by atoms with Gasteiger partial charge in [-0.3, -0.25) is 19.3 Å². The van der Waals surface area contributed by atoms with Crippen molar-refractivity contribution in [2.75, 3.05) is 24.5 Å². The zero-order valence-corrected chi connectivity index (χ0v) is 16.4. The molecule has 150 valence electrons. The van der Waals surface area contributed by atoms with Crippen LogP contribution >= 0.6 is 0 Å². The van der Waals surface area contributed by atoms with Crippen LogP contribution in [0, 0.1) is 0 Å². The van der Waals surface area contributed by atoms with Crippen molar-refractivity contribution in [3.05, 3.63) is 59.3 Å². The van der Waals surface area contributed by atoms with Gasteiger partial charge in [-0.15, -0.1) is 0 Å². The van der Waals surface area contributed by atoms with E-state index in [1.54, 1.807) is 24.4 Å². The minimum absolute atomic E-state index is 0.0103. The first-order chi connectivity index (χ1) is 14.1. The van der Waals surface area contributed by atoms with Crippen LogP contribution in [0.25, 0.3) is 0 Å². The zero-order valence-electron chi connectivity index (χ0n) is 16.4. The largest absolute Gasteiger partial charge is 0.354 e. The van der Waals surface area contributed by atoms with Gasteiger partial charge in [0.25, 0.3) is 17.7 Å². The molecule has 0 radical (unpaired) electrons. The molecule has 2 aromatic rings. The predicted octanol–water partition coefficient (Wildman–Crippen LogP) is 2.49. The number of nitrogens with zero attached hydrogens (tertiary/aromatic N) is 3. The van der Waals surface area contributed by atoms with Gasteiger partial charge in [0.05, 0.1) is 11.1 Å². The quantitative estimate of drug-likeness (QED) is 0.764. The Morgan fingerprint density at radius 2 is 2.00 bits per heavy atom. The number of hydrogen-bond acceptors (Lipinski definition) is 5. The van der Waals surface area contributed by atoms with Crippen LogP contribution < -0.4 is 10.2 Å². The standard InChI is InChI=1S/C22H24N4O3/c1-2-3-11-26-21(28)17-8-7-15(13-18(17)22(26)29)20(27)24-16-9-12-25(14-16)19-6-4-5-10-23-19/h4-8,10,13,16H,2-3,9,11-12,14H2,1H3,(H,24,27). The summed E-state index contributed by atoms with van der Waals surface area (Å²) in [5, 5.41) is 3.04. The van der Waals surface area contributed by atoms with Crippen LogP contribution in [0.5, 0.6) is 0 Å². The molecule has 29 heavy (non-hydrogen) atoms. The first-order valence-corrected chi connectivity index (χ1v) is 10.1. The van der Waals surface area contributed by atoms with Crippen molar-refractivity contribution >= 4 is 23.5 Å².